The molecule has 0 aliphatic heterocycles. The van der Waals surface area contributed by atoms with Gasteiger partial charge in [-0.25, -0.2) is 0 Å². The molecule has 0 saturated heterocycles. The van der Waals surface area contributed by atoms with Gasteiger partial charge in [0.15, 0.2) is 34.5 Å². The van der Waals surface area contributed by atoms with Crippen molar-refractivity contribution in [2.24, 2.45) is 0 Å². The van der Waals surface area contributed by atoms with Crippen molar-refractivity contribution in [2.45, 2.75) is 0 Å². The van der Waals surface area contributed by atoms with E-state index in [1.165, 1.54) is 0 Å². The lowest BCUT2D eigenvalue weighted by atomic mass is 10.2. The summed E-state index contributed by atoms with van der Waals surface area (Å²) in [6.07, 6.45) is 0. The van der Waals surface area contributed by atoms with Gasteiger partial charge in [0, 0.05) is 0 Å². The predicted molar refractivity (Wildman–Crippen MR) is 87.5 cm³/mol. The summed E-state index contributed by atoms with van der Waals surface area (Å²) >= 11 is 0. The summed E-state index contributed by atoms with van der Waals surface area (Å²) in [5, 5.41) is 0. The lowest BCUT2D eigenvalue weighted by Crippen LogP contribution is -2.13. The molecular formula is C16H19BO6. The Kier molecular flexibility index (Phi) is 5.85. The summed E-state index contributed by atoms with van der Waals surface area (Å²) in [4.78, 5) is 0. The average Bonchev–Trinajstić information content (AvgIpc) is 2.61. The van der Waals surface area contributed by atoms with Crippen LogP contribution in [0.4, 0.5) is 0 Å². The third-order valence-electron chi connectivity index (χ3n) is 3.17. The summed E-state index contributed by atoms with van der Waals surface area (Å²) in [5.41, 5.74) is 0. The Morgan fingerprint density at radius 2 is 0.870 bits per heavy atom. The van der Waals surface area contributed by atoms with E-state index in [1.54, 1.807) is 52.7 Å². The number of hydrogen-bond donors (Lipinski definition) is 0. The highest BCUT2D eigenvalue weighted by atomic mass is 16.6. The van der Waals surface area contributed by atoms with Crippen LogP contribution in [0.5, 0.6) is 34.5 Å². The van der Waals surface area contributed by atoms with Crippen LogP contribution in [-0.4, -0.2) is 36.1 Å². The molecular weight excluding hydrogens is 299 g/mol. The van der Waals surface area contributed by atoms with Gasteiger partial charge in [-0.2, -0.15) is 0 Å². The Morgan fingerprint density at radius 1 is 0.565 bits per heavy atom. The van der Waals surface area contributed by atoms with Crippen LogP contribution in [0.3, 0.4) is 0 Å². The Balaban J connectivity index is 2.15. The molecule has 122 valence electrons. The van der Waals surface area contributed by atoms with E-state index in [0.717, 1.165) is 0 Å². The van der Waals surface area contributed by atoms with E-state index in [4.69, 9.17) is 28.3 Å². The quantitative estimate of drug-likeness (QED) is 0.697. The number of benzene rings is 2. The van der Waals surface area contributed by atoms with Crippen LogP contribution in [0, 0.1) is 0 Å². The van der Waals surface area contributed by atoms with Crippen molar-refractivity contribution < 1.29 is 28.3 Å². The summed E-state index contributed by atoms with van der Waals surface area (Å²) in [5.74, 6) is 3.15. The molecule has 23 heavy (non-hydrogen) atoms. The van der Waals surface area contributed by atoms with Crippen LogP contribution in [-0.2, 0) is 0 Å². The first kappa shape index (κ1) is 16.7. The van der Waals surface area contributed by atoms with Gasteiger partial charge in [-0.3, -0.25) is 0 Å². The third-order valence-corrected chi connectivity index (χ3v) is 3.17. The van der Waals surface area contributed by atoms with Gasteiger partial charge in [0.25, 0.3) is 0 Å². The minimum Gasteiger partial charge on any atom is -0.523 e. The van der Waals surface area contributed by atoms with Crippen molar-refractivity contribution in [3.8, 4) is 34.5 Å². The zero-order chi connectivity index (χ0) is 16.7. The monoisotopic (exact) mass is 318 g/mol. The van der Waals surface area contributed by atoms with E-state index >= 15 is 0 Å². The Bertz CT molecular complexity index is 546. The number of rotatable bonds is 8. The standard InChI is InChI=1S/C16H19BO6/c1-18-11-7-5-8-12(19-2)15(11)22-17-23-16-13(20-3)9-6-10-14(16)21-4/h5-10,17H,1-4H3. The normalized spacial score (nSPS) is 9.74. The Morgan fingerprint density at radius 3 is 1.13 bits per heavy atom. The molecule has 7 heteroatoms. The van der Waals surface area contributed by atoms with E-state index in [1.807, 2.05) is 12.1 Å². The maximum Gasteiger partial charge on any atom is 0.576 e. The third kappa shape index (κ3) is 3.74. The van der Waals surface area contributed by atoms with Crippen LogP contribution in [0.25, 0.3) is 0 Å². The molecule has 0 heterocycles. The molecule has 0 fully saturated rings. The highest BCUT2D eigenvalue weighted by molar-refractivity contribution is 6.21. The van der Waals surface area contributed by atoms with Gasteiger partial charge in [0.2, 0.25) is 0 Å². The van der Waals surface area contributed by atoms with Crippen LogP contribution >= 0.6 is 0 Å². The van der Waals surface area contributed by atoms with Gasteiger partial charge < -0.3 is 28.3 Å². The largest absolute Gasteiger partial charge is 0.576 e. The number of hydrogen-bond acceptors (Lipinski definition) is 6. The number of para-hydroxylation sites is 2. The Hall–Kier alpha value is -2.70. The smallest absolute Gasteiger partial charge is 0.523 e. The van der Waals surface area contributed by atoms with Gasteiger partial charge in [-0.05, 0) is 24.3 Å². The maximum atomic E-state index is 5.67. The van der Waals surface area contributed by atoms with Gasteiger partial charge >= 0.3 is 7.69 Å². The van der Waals surface area contributed by atoms with Gasteiger partial charge in [-0.1, -0.05) is 12.1 Å². The fourth-order valence-corrected chi connectivity index (χ4v) is 2.07. The highest BCUT2D eigenvalue weighted by Gasteiger charge is 2.16. The second-order valence-corrected chi connectivity index (χ2v) is 4.39. The van der Waals surface area contributed by atoms with E-state index in [2.05, 4.69) is 0 Å². The molecule has 0 spiro atoms. The predicted octanol–water partition coefficient (Wildman–Crippen LogP) is 2.45. The van der Waals surface area contributed by atoms with Gasteiger partial charge in [-0.15, -0.1) is 0 Å². The van der Waals surface area contributed by atoms with Crippen LogP contribution < -0.4 is 28.3 Å². The topological polar surface area (TPSA) is 55.4 Å². The minimum absolute atomic E-state index is 0.0620. The first-order chi connectivity index (χ1) is 11.2. The van der Waals surface area contributed by atoms with Crippen molar-refractivity contribution in [1.29, 1.82) is 0 Å². The van der Waals surface area contributed by atoms with Crippen LogP contribution in [0.1, 0.15) is 0 Å². The molecule has 0 aliphatic carbocycles. The fraction of sp³-hybridized carbons (Fsp3) is 0.250. The summed E-state index contributed by atoms with van der Waals surface area (Å²) in [7, 11) is 6.18. The molecule has 0 saturated carbocycles. The molecule has 2 rings (SSSR count). The first-order valence-corrected chi connectivity index (χ1v) is 6.92. The molecule has 2 aromatic rings. The summed E-state index contributed by atoms with van der Waals surface area (Å²) in [6, 6.07) is 10.7. The second kappa shape index (κ2) is 8.07. The highest BCUT2D eigenvalue weighted by Crippen LogP contribution is 2.38. The molecule has 0 aromatic heterocycles. The number of ether oxygens (including phenoxy) is 4. The molecule has 0 N–H and O–H groups in total. The average molecular weight is 318 g/mol. The summed E-state index contributed by atoms with van der Waals surface area (Å²) in [6.45, 7) is 0. The number of methoxy groups -OCH3 is 4. The molecule has 0 radical (unpaired) electrons. The zero-order valence-electron chi connectivity index (χ0n) is 13.6. The molecule has 0 amide bonds. The van der Waals surface area contributed by atoms with Gasteiger partial charge in [0.05, 0.1) is 28.4 Å². The minimum atomic E-state index is -0.0620. The van der Waals surface area contributed by atoms with Crippen LogP contribution in [0.2, 0.25) is 0 Å². The maximum absolute atomic E-state index is 5.67. The second-order valence-electron chi connectivity index (χ2n) is 4.39. The van der Waals surface area contributed by atoms with Crippen molar-refractivity contribution >= 4 is 7.69 Å². The molecule has 0 aliphatic rings. The Labute approximate surface area is 136 Å². The van der Waals surface area contributed by atoms with E-state index < -0.39 is 0 Å². The van der Waals surface area contributed by atoms with Crippen molar-refractivity contribution in [1.82, 2.24) is 0 Å². The fourth-order valence-electron chi connectivity index (χ4n) is 2.07. The van der Waals surface area contributed by atoms with E-state index in [9.17, 15) is 0 Å². The van der Waals surface area contributed by atoms with Crippen molar-refractivity contribution in [3.63, 3.8) is 0 Å². The van der Waals surface area contributed by atoms with E-state index in [-0.39, 0.29) is 7.69 Å². The first-order valence-electron chi connectivity index (χ1n) is 6.92. The molecule has 0 atom stereocenters. The van der Waals surface area contributed by atoms with E-state index in [0.29, 0.717) is 34.5 Å². The molecule has 0 unspecified atom stereocenters. The lowest BCUT2D eigenvalue weighted by Gasteiger charge is -2.16. The van der Waals surface area contributed by atoms with Crippen molar-refractivity contribution in [2.75, 3.05) is 28.4 Å². The summed E-state index contributed by atoms with van der Waals surface area (Å²) < 4.78 is 32.4. The molecule has 2 aromatic carbocycles. The van der Waals surface area contributed by atoms with Crippen LogP contribution in [0.15, 0.2) is 36.4 Å². The van der Waals surface area contributed by atoms with Crippen molar-refractivity contribution in [3.05, 3.63) is 36.4 Å². The van der Waals surface area contributed by atoms with Gasteiger partial charge in [0.1, 0.15) is 0 Å². The molecule has 6 nitrogen and oxygen atoms in total. The SMILES string of the molecule is COc1cccc(OC)c1OBOc1c(OC)cccc1OC. The molecule has 0 bridgehead atoms. The zero-order valence-corrected chi connectivity index (χ0v) is 13.6. The lowest BCUT2D eigenvalue weighted by molar-refractivity contribution is 0.337.